The Labute approximate surface area is 88.8 Å². The SMILES string of the molecule is Cn1nc(C(F)(F)F)c(CCC=O)c1Cl. The van der Waals surface area contributed by atoms with Gasteiger partial charge in [-0.2, -0.15) is 18.3 Å². The summed E-state index contributed by atoms with van der Waals surface area (Å²) in [4.78, 5) is 10.1. The Morgan fingerprint density at radius 2 is 2.13 bits per heavy atom. The van der Waals surface area contributed by atoms with E-state index in [4.69, 9.17) is 11.6 Å². The lowest BCUT2D eigenvalue weighted by Gasteiger charge is -2.04. The number of carbonyl (C=O) groups is 1. The maximum Gasteiger partial charge on any atom is 0.435 e. The van der Waals surface area contributed by atoms with Gasteiger partial charge in [-0.05, 0) is 6.42 Å². The van der Waals surface area contributed by atoms with E-state index in [0.29, 0.717) is 6.29 Å². The molecule has 0 aliphatic rings. The minimum atomic E-state index is -4.54. The lowest BCUT2D eigenvalue weighted by Crippen LogP contribution is -2.09. The molecule has 0 unspecified atom stereocenters. The van der Waals surface area contributed by atoms with Crippen molar-refractivity contribution in [2.24, 2.45) is 7.05 Å². The number of rotatable bonds is 3. The molecule has 1 rings (SSSR count). The summed E-state index contributed by atoms with van der Waals surface area (Å²) >= 11 is 5.64. The van der Waals surface area contributed by atoms with E-state index >= 15 is 0 Å². The first-order chi connectivity index (χ1) is 6.88. The molecule has 0 radical (unpaired) electrons. The normalized spacial score (nSPS) is 11.8. The molecule has 3 nitrogen and oxygen atoms in total. The highest BCUT2D eigenvalue weighted by Crippen LogP contribution is 2.34. The average molecular weight is 241 g/mol. The van der Waals surface area contributed by atoms with Gasteiger partial charge in [0, 0.05) is 19.0 Å². The Balaban J connectivity index is 3.15. The molecule has 0 aliphatic heterocycles. The van der Waals surface area contributed by atoms with Gasteiger partial charge < -0.3 is 4.79 Å². The largest absolute Gasteiger partial charge is 0.435 e. The van der Waals surface area contributed by atoms with Gasteiger partial charge >= 0.3 is 6.18 Å². The molecule has 1 aromatic heterocycles. The van der Waals surface area contributed by atoms with E-state index in [1.54, 1.807) is 0 Å². The fourth-order valence-corrected chi connectivity index (χ4v) is 1.42. The molecule has 0 N–H and O–H groups in total. The molecule has 7 heteroatoms. The standard InChI is InChI=1S/C8H8ClF3N2O/c1-14-7(9)5(3-2-4-15)6(13-14)8(10,11)12/h4H,2-3H2,1H3. The van der Waals surface area contributed by atoms with Gasteiger partial charge in [0.1, 0.15) is 11.4 Å². The number of carbonyl (C=O) groups excluding carboxylic acids is 1. The van der Waals surface area contributed by atoms with E-state index in [-0.39, 0.29) is 23.6 Å². The van der Waals surface area contributed by atoms with Gasteiger partial charge in [-0.15, -0.1) is 0 Å². The molecule has 0 saturated carbocycles. The molecule has 0 saturated heterocycles. The highest BCUT2D eigenvalue weighted by atomic mass is 35.5. The quantitative estimate of drug-likeness (QED) is 0.760. The van der Waals surface area contributed by atoms with Crippen molar-refractivity contribution in [3.05, 3.63) is 16.4 Å². The van der Waals surface area contributed by atoms with Crippen molar-refractivity contribution >= 4 is 17.9 Å². The molecule has 0 spiro atoms. The van der Waals surface area contributed by atoms with E-state index in [2.05, 4.69) is 5.10 Å². The Morgan fingerprint density at radius 1 is 1.53 bits per heavy atom. The topological polar surface area (TPSA) is 34.9 Å². The summed E-state index contributed by atoms with van der Waals surface area (Å²) in [7, 11) is 1.32. The molecule has 0 bridgehead atoms. The van der Waals surface area contributed by atoms with E-state index < -0.39 is 11.9 Å². The van der Waals surface area contributed by atoms with Crippen molar-refractivity contribution in [3.8, 4) is 0 Å². The number of aldehydes is 1. The molecule has 1 aromatic rings. The lowest BCUT2D eigenvalue weighted by atomic mass is 10.1. The smallest absolute Gasteiger partial charge is 0.303 e. The fraction of sp³-hybridized carbons (Fsp3) is 0.500. The second-order valence-corrected chi connectivity index (χ2v) is 3.30. The Kier molecular flexibility index (Phi) is 3.38. The number of alkyl halides is 3. The number of nitrogens with zero attached hydrogens (tertiary/aromatic N) is 2. The third-order valence-corrected chi connectivity index (χ3v) is 2.32. The maximum absolute atomic E-state index is 12.4. The summed E-state index contributed by atoms with van der Waals surface area (Å²) < 4.78 is 38.3. The minimum absolute atomic E-state index is 0.00546. The Bertz CT molecular complexity index is 373. The lowest BCUT2D eigenvalue weighted by molar-refractivity contribution is -0.142. The van der Waals surface area contributed by atoms with Gasteiger partial charge in [-0.1, -0.05) is 11.6 Å². The molecule has 0 aromatic carbocycles. The van der Waals surface area contributed by atoms with Crippen LogP contribution in [0.5, 0.6) is 0 Å². The van der Waals surface area contributed by atoms with Crippen LogP contribution in [0, 0.1) is 0 Å². The number of aryl methyl sites for hydroxylation is 1. The summed E-state index contributed by atoms with van der Waals surface area (Å²) in [5, 5.41) is 3.20. The Hall–Kier alpha value is -1.04. The highest BCUT2D eigenvalue weighted by molar-refractivity contribution is 6.30. The van der Waals surface area contributed by atoms with Crippen molar-refractivity contribution < 1.29 is 18.0 Å². The van der Waals surface area contributed by atoms with E-state index in [1.807, 2.05) is 0 Å². The van der Waals surface area contributed by atoms with E-state index in [0.717, 1.165) is 4.68 Å². The molecular weight excluding hydrogens is 233 g/mol. The monoisotopic (exact) mass is 240 g/mol. The average Bonchev–Trinajstić information content (AvgIpc) is 2.40. The molecule has 84 valence electrons. The van der Waals surface area contributed by atoms with E-state index in [1.165, 1.54) is 7.05 Å². The first-order valence-corrected chi connectivity index (χ1v) is 4.48. The number of hydrogen-bond acceptors (Lipinski definition) is 2. The second kappa shape index (κ2) is 4.22. The van der Waals surface area contributed by atoms with Crippen LogP contribution < -0.4 is 0 Å². The summed E-state index contributed by atoms with van der Waals surface area (Å²) in [6.45, 7) is 0. The van der Waals surface area contributed by atoms with Crippen LogP contribution in [0.3, 0.4) is 0 Å². The van der Waals surface area contributed by atoms with Crippen LogP contribution in [0.1, 0.15) is 17.7 Å². The zero-order valence-corrected chi connectivity index (χ0v) is 8.56. The molecule has 0 fully saturated rings. The molecular formula is C8H8ClF3N2O. The minimum Gasteiger partial charge on any atom is -0.303 e. The Morgan fingerprint density at radius 3 is 2.60 bits per heavy atom. The maximum atomic E-state index is 12.4. The van der Waals surface area contributed by atoms with Crippen LogP contribution in [0.15, 0.2) is 0 Å². The van der Waals surface area contributed by atoms with Crippen molar-refractivity contribution in [2.45, 2.75) is 19.0 Å². The summed E-state index contributed by atoms with van der Waals surface area (Å²) in [5.74, 6) is 0. The van der Waals surface area contributed by atoms with Crippen LogP contribution in [0.2, 0.25) is 5.15 Å². The highest BCUT2D eigenvalue weighted by Gasteiger charge is 2.38. The zero-order valence-electron chi connectivity index (χ0n) is 7.81. The van der Waals surface area contributed by atoms with Crippen molar-refractivity contribution in [1.82, 2.24) is 9.78 Å². The number of aromatic nitrogens is 2. The summed E-state index contributed by atoms with van der Waals surface area (Å²) in [5.41, 5.74) is -1.14. The van der Waals surface area contributed by atoms with Gasteiger partial charge in [0.25, 0.3) is 0 Å². The molecule has 0 atom stereocenters. The van der Waals surface area contributed by atoms with Crippen molar-refractivity contribution in [3.63, 3.8) is 0 Å². The predicted octanol–water partition coefficient (Wildman–Crippen LogP) is 2.22. The number of halogens is 4. The summed E-state index contributed by atoms with van der Waals surface area (Å²) in [6, 6.07) is 0. The first kappa shape index (κ1) is 12.0. The fourth-order valence-electron chi connectivity index (χ4n) is 1.20. The van der Waals surface area contributed by atoms with Gasteiger partial charge in [-0.25, -0.2) is 0 Å². The predicted molar refractivity (Wildman–Crippen MR) is 47.6 cm³/mol. The zero-order chi connectivity index (χ0) is 11.6. The third-order valence-electron chi connectivity index (χ3n) is 1.85. The van der Waals surface area contributed by atoms with Gasteiger partial charge in [0.15, 0.2) is 5.69 Å². The number of hydrogen-bond donors (Lipinski definition) is 0. The molecule has 0 aliphatic carbocycles. The molecule has 0 amide bonds. The molecule has 15 heavy (non-hydrogen) atoms. The first-order valence-electron chi connectivity index (χ1n) is 4.10. The van der Waals surface area contributed by atoms with Crippen LogP contribution in [0.25, 0.3) is 0 Å². The third kappa shape index (κ3) is 2.50. The van der Waals surface area contributed by atoms with Crippen LogP contribution >= 0.6 is 11.6 Å². The van der Waals surface area contributed by atoms with Crippen molar-refractivity contribution in [2.75, 3.05) is 0 Å². The van der Waals surface area contributed by atoms with Gasteiger partial charge in [-0.3, -0.25) is 4.68 Å². The summed E-state index contributed by atoms with van der Waals surface area (Å²) in [6.07, 6.45) is -4.05. The van der Waals surface area contributed by atoms with E-state index in [9.17, 15) is 18.0 Å². The van der Waals surface area contributed by atoms with Gasteiger partial charge in [0.2, 0.25) is 0 Å². The second-order valence-electron chi connectivity index (χ2n) is 2.94. The van der Waals surface area contributed by atoms with Crippen molar-refractivity contribution in [1.29, 1.82) is 0 Å². The van der Waals surface area contributed by atoms with Gasteiger partial charge in [0.05, 0.1) is 0 Å². The van der Waals surface area contributed by atoms with Crippen LogP contribution in [-0.2, 0) is 24.4 Å². The van der Waals surface area contributed by atoms with Crippen LogP contribution in [0.4, 0.5) is 13.2 Å². The molecule has 1 heterocycles. The van der Waals surface area contributed by atoms with Crippen LogP contribution in [-0.4, -0.2) is 16.1 Å².